The van der Waals surface area contributed by atoms with Gasteiger partial charge >= 0.3 is 0 Å². The van der Waals surface area contributed by atoms with E-state index in [1.165, 1.54) is 33.4 Å². The van der Waals surface area contributed by atoms with E-state index >= 15 is 0 Å². The number of nitriles is 1. The summed E-state index contributed by atoms with van der Waals surface area (Å²) in [6, 6.07) is 55.0. The first-order valence-electron chi connectivity index (χ1n) is 18.5. The first-order valence-corrected chi connectivity index (χ1v) is 18.5. The minimum Gasteiger partial charge on any atom is -0.308 e. The first kappa shape index (κ1) is 33.7. The lowest BCUT2D eigenvalue weighted by Gasteiger charge is -2.15. The zero-order valence-corrected chi connectivity index (χ0v) is 31.2. The minimum atomic E-state index is 0.529. The van der Waals surface area contributed by atoms with Gasteiger partial charge in [-0.3, -0.25) is 0 Å². The summed E-state index contributed by atoms with van der Waals surface area (Å²) in [6.45, 7) is 8.59. The third kappa shape index (κ3) is 6.34. The maximum Gasteiger partial charge on any atom is 0.166 e. The van der Waals surface area contributed by atoms with Crippen LogP contribution in [0.5, 0.6) is 0 Å². The number of aryl methyl sites for hydroxylation is 4. The molecule has 0 N–H and O–H groups in total. The molecule has 0 saturated carbocycles. The Balaban J connectivity index is 1.34. The van der Waals surface area contributed by atoms with E-state index in [1.807, 2.05) is 78.9 Å². The predicted molar refractivity (Wildman–Crippen MR) is 225 cm³/mol. The molecular weight excluding hydrogens is 671 g/mol. The van der Waals surface area contributed by atoms with Gasteiger partial charge in [0.15, 0.2) is 17.5 Å². The van der Waals surface area contributed by atoms with Crippen LogP contribution < -0.4 is 0 Å². The van der Waals surface area contributed by atoms with Crippen LogP contribution in [-0.4, -0.2) is 19.5 Å². The highest BCUT2D eigenvalue weighted by molar-refractivity contribution is 6.12. The van der Waals surface area contributed by atoms with Gasteiger partial charge in [0.2, 0.25) is 0 Å². The molecule has 7 aromatic carbocycles. The monoisotopic (exact) mass is 707 g/mol. The number of hydrogen-bond acceptors (Lipinski definition) is 4. The number of rotatable bonds is 6. The van der Waals surface area contributed by atoms with Crippen molar-refractivity contribution in [3.63, 3.8) is 0 Å². The van der Waals surface area contributed by atoms with Crippen molar-refractivity contribution in [3.05, 3.63) is 179 Å². The molecule has 9 aromatic rings. The van der Waals surface area contributed by atoms with E-state index in [9.17, 15) is 5.26 Å². The highest BCUT2D eigenvalue weighted by atomic mass is 15.1. The van der Waals surface area contributed by atoms with Crippen LogP contribution in [0.1, 0.15) is 27.8 Å². The lowest BCUT2D eigenvalue weighted by molar-refractivity contribution is 1.06. The minimum absolute atomic E-state index is 0.529. The Morgan fingerprint density at radius 1 is 0.418 bits per heavy atom. The third-order valence-electron chi connectivity index (χ3n) is 10.2. The van der Waals surface area contributed by atoms with E-state index in [0.717, 1.165) is 55.3 Å². The fourth-order valence-electron chi connectivity index (χ4n) is 7.83. The number of nitrogens with zero attached hydrogens (tertiary/aromatic N) is 5. The molecule has 0 unspecified atom stereocenters. The van der Waals surface area contributed by atoms with Crippen molar-refractivity contribution in [3.8, 4) is 68.2 Å². The van der Waals surface area contributed by atoms with Crippen LogP contribution in [-0.2, 0) is 0 Å². The Bertz CT molecular complexity index is 2760. The van der Waals surface area contributed by atoms with E-state index in [-0.39, 0.29) is 0 Å². The van der Waals surface area contributed by atoms with Gasteiger partial charge in [-0.2, -0.15) is 5.26 Å². The number of benzene rings is 7. The Morgan fingerprint density at radius 2 is 0.873 bits per heavy atom. The van der Waals surface area contributed by atoms with Gasteiger partial charge in [0.1, 0.15) is 0 Å². The summed E-state index contributed by atoms with van der Waals surface area (Å²) >= 11 is 0. The van der Waals surface area contributed by atoms with Gasteiger partial charge < -0.3 is 4.57 Å². The fraction of sp³-hybridized carbons (Fsp3) is 0.0800. The van der Waals surface area contributed by atoms with Gasteiger partial charge in [0, 0.05) is 27.5 Å². The summed E-state index contributed by atoms with van der Waals surface area (Å²) in [5, 5.41) is 12.5. The van der Waals surface area contributed by atoms with Crippen LogP contribution in [0.4, 0.5) is 0 Å². The zero-order valence-electron chi connectivity index (χ0n) is 31.2. The Hall–Kier alpha value is -7.16. The molecule has 0 aliphatic heterocycles. The van der Waals surface area contributed by atoms with Crippen LogP contribution in [0, 0.1) is 39.0 Å². The molecule has 0 aliphatic carbocycles. The Kier molecular flexibility index (Phi) is 8.37. The van der Waals surface area contributed by atoms with Crippen LogP contribution in [0.3, 0.4) is 0 Å². The van der Waals surface area contributed by atoms with Gasteiger partial charge in [-0.1, -0.05) is 131 Å². The van der Waals surface area contributed by atoms with Gasteiger partial charge in [-0.05, 0) is 92.4 Å². The van der Waals surface area contributed by atoms with Gasteiger partial charge in [0.05, 0.1) is 28.4 Å². The molecular formula is C50H37N5. The normalized spacial score (nSPS) is 11.3. The van der Waals surface area contributed by atoms with Gasteiger partial charge in [-0.15, -0.1) is 0 Å². The predicted octanol–water partition coefficient (Wildman–Crippen LogP) is 12.4. The molecule has 262 valence electrons. The van der Waals surface area contributed by atoms with Crippen molar-refractivity contribution in [1.82, 2.24) is 19.5 Å². The van der Waals surface area contributed by atoms with E-state index in [2.05, 4.69) is 111 Å². The summed E-state index contributed by atoms with van der Waals surface area (Å²) in [5.74, 6) is 1.69. The second kappa shape index (κ2) is 13.7. The number of hydrogen-bond donors (Lipinski definition) is 0. The molecule has 0 spiro atoms. The van der Waals surface area contributed by atoms with Crippen molar-refractivity contribution in [1.29, 1.82) is 5.26 Å². The average molecular weight is 708 g/mol. The van der Waals surface area contributed by atoms with Gasteiger partial charge in [-0.25, -0.2) is 15.0 Å². The summed E-state index contributed by atoms with van der Waals surface area (Å²) in [4.78, 5) is 15.2. The van der Waals surface area contributed by atoms with Crippen molar-refractivity contribution in [2.45, 2.75) is 27.7 Å². The molecule has 55 heavy (non-hydrogen) atoms. The van der Waals surface area contributed by atoms with Crippen molar-refractivity contribution in [2.24, 2.45) is 0 Å². The quantitative estimate of drug-likeness (QED) is 0.173. The van der Waals surface area contributed by atoms with Crippen LogP contribution >= 0.6 is 0 Å². The molecule has 2 heterocycles. The van der Waals surface area contributed by atoms with E-state index < -0.39 is 0 Å². The summed E-state index contributed by atoms with van der Waals surface area (Å²) < 4.78 is 2.27. The molecule has 0 aliphatic rings. The largest absolute Gasteiger partial charge is 0.308 e. The van der Waals surface area contributed by atoms with Crippen molar-refractivity contribution < 1.29 is 0 Å². The molecule has 0 atom stereocenters. The highest BCUT2D eigenvalue weighted by Crippen LogP contribution is 2.40. The van der Waals surface area contributed by atoms with Crippen molar-refractivity contribution >= 4 is 21.8 Å². The zero-order chi connectivity index (χ0) is 37.6. The second-order valence-electron chi connectivity index (χ2n) is 14.4. The van der Waals surface area contributed by atoms with Crippen LogP contribution in [0.15, 0.2) is 152 Å². The summed E-state index contributed by atoms with van der Waals surface area (Å²) in [6.07, 6.45) is 0. The molecule has 5 nitrogen and oxygen atoms in total. The summed E-state index contributed by atoms with van der Waals surface area (Å²) in [5.41, 5.74) is 15.6. The fourth-order valence-corrected chi connectivity index (χ4v) is 7.83. The van der Waals surface area contributed by atoms with Crippen LogP contribution in [0.2, 0.25) is 0 Å². The molecule has 5 heteroatoms. The maximum absolute atomic E-state index is 10.2. The smallest absolute Gasteiger partial charge is 0.166 e. The topological polar surface area (TPSA) is 67.4 Å². The lowest BCUT2D eigenvalue weighted by atomic mass is 9.97. The molecule has 0 bridgehead atoms. The standard InChI is InChI=1S/C50H37N5/c1-31-21-32(2)24-40(23-31)38-16-19-45-43(28-38)44-29-39(41-25-33(3)22-34(4)26-41)17-20-46(44)55(45)47-27-35(30-51)15-18-42(47)50-53-48(36-11-7-5-8-12-36)52-49(54-50)37-13-9-6-10-14-37/h5-29H,1-4H3. The Labute approximate surface area is 320 Å². The average Bonchev–Trinajstić information content (AvgIpc) is 3.53. The molecule has 9 rings (SSSR count). The van der Waals surface area contributed by atoms with Crippen LogP contribution in [0.25, 0.3) is 83.9 Å². The molecule has 0 amide bonds. The second-order valence-corrected chi connectivity index (χ2v) is 14.4. The van der Waals surface area contributed by atoms with E-state index in [4.69, 9.17) is 15.0 Å². The molecule has 0 saturated heterocycles. The maximum atomic E-state index is 10.2. The van der Waals surface area contributed by atoms with Gasteiger partial charge in [0.25, 0.3) is 0 Å². The lowest BCUT2D eigenvalue weighted by Crippen LogP contribution is -2.04. The van der Waals surface area contributed by atoms with E-state index in [0.29, 0.717) is 23.0 Å². The van der Waals surface area contributed by atoms with E-state index in [1.54, 1.807) is 0 Å². The Morgan fingerprint density at radius 3 is 1.33 bits per heavy atom. The molecule has 0 fully saturated rings. The summed E-state index contributed by atoms with van der Waals surface area (Å²) in [7, 11) is 0. The first-order chi connectivity index (χ1) is 26.8. The van der Waals surface area contributed by atoms with Crippen molar-refractivity contribution in [2.75, 3.05) is 0 Å². The molecule has 2 aromatic heterocycles. The SMILES string of the molecule is Cc1cc(C)cc(-c2ccc3c(c2)c2cc(-c4cc(C)cc(C)c4)ccc2n3-c2cc(C#N)ccc2-c2nc(-c3ccccc3)nc(-c3ccccc3)n2)c1. The third-order valence-corrected chi connectivity index (χ3v) is 10.2. The highest BCUT2D eigenvalue weighted by Gasteiger charge is 2.21. The number of fused-ring (bicyclic) bond motifs is 3. The molecule has 0 radical (unpaired) electrons. The number of aromatic nitrogens is 4.